The maximum absolute atomic E-state index is 14.5. The summed E-state index contributed by atoms with van der Waals surface area (Å²) in [6.45, 7) is 3.52. The van der Waals surface area contributed by atoms with Crippen LogP contribution in [0.1, 0.15) is 35.0 Å². The molecule has 27 heavy (non-hydrogen) atoms. The minimum atomic E-state index is -1.09. The molecule has 8 heteroatoms. The number of rotatable bonds is 3. The van der Waals surface area contributed by atoms with Gasteiger partial charge in [0.05, 0.1) is 12.0 Å². The van der Waals surface area contributed by atoms with Crippen molar-refractivity contribution in [3.63, 3.8) is 0 Å². The Morgan fingerprint density at radius 1 is 1.37 bits per heavy atom. The Kier molecular flexibility index (Phi) is 4.65. The molecular weight excluding hydrogens is 349 g/mol. The lowest BCUT2D eigenvalue weighted by Crippen LogP contribution is -2.58. The predicted molar refractivity (Wildman–Crippen MR) is 98.9 cm³/mol. The standard InChI is InChI=1S/C19H20FN5O2/c1-11-4-7-15(22-10-11)17(27)23-12-5-6-14(20)13(8-12)19(2)9-16(26)25(3)18(21)24-19/h4-8,10H,9H2,1-3H3,(H2,21,24)(H,23,27)/t19-/m0/s1. The first-order chi connectivity index (χ1) is 12.7. The van der Waals surface area contributed by atoms with Crippen LogP contribution in [0.3, 0.4) is 0 Å². The summed E-state index contributed by atoms with van der Waals surface area (Å²) >= 11 is 0. The van der Waals surface area contributed by atoms with Gasteiger partial charge in [-0.25, -0.2) is 4.39 Å². The zero-order valence-corrected chi connectivity index (χ0v) is 15.3. The number of halogens is 1. The number of pyridine rings is 1. The Bertz CT molecular complexity index is 908. The molecule has 2 aromatic rings. The number of aryl methyl sites for hydroxylation is 1. The molecule has 1 atom stereocenters. The van der Waals surface area contributed by atoms with Crippen LogP contribution in [0.4, 0.5) is 10.1 Å². The second-order valence-electron chi connectivity index (χ2n) is 6.80. The van der Waals surface area contributed by atoms with Crippen molar-refractivity contribution in [2.75, 3.05) is 12.4 Å². The van der Waals surface area contributed by atoms with E-state index >= 15 is 0 Å². The molecule has 3 rings (SSSR count). The van der Waals surface area contributed by atoms with Gasteiger partial charge in [0.25, 0.3) is 5.91 Å². The molecule has 1 saturated heterocycles. The molecule has 1 aromatic heterocycles. The number of carbonyl (C=O) groups is 2. The minimum absolute atomic E-state index is 0.0142. The summed E-state index contributed by atoms with van der Waals surface area (Å²) in [6.07, 6.45) is 1.57. The number of carbonyl (C=O) groups excluding carboxylic acids is 2. The smallest absolute Gasteiger partial charge is 0.274 e. The van der Waals surface area contributed by atoms with Gasteiger partial charge in [0.2, 0.25) is 5.91 Å². The van der Waals surface area contributed by atoms with E-state index in [0.717, 1.165) is 5.56 Å². The fourth-order valence-corrected chi connectivity index (χ4v) is 2.92. The van der Waals surface area contributed by atoms with Crippen molar-refractivity contribution in [3.05, 3.63) is 59.2 Å². The first-order valence-electron chi connectivity index (χ1n) is 8.37. The van der Waals surface area contributed by atoms with Crippen molar-refractivity contribution in [1.82, 2.24) is 15.2 Å². The SMILES string of the molecule is Cc1ccc(C(=O)Nc2ccc(F)c([C@]3(C)CC(=O)N(C)C(=N)N3)c2)nc1. The fraction of sp³-hybridized carbons (Fsp3) is 0.263. The van der Waals surface area contributed by atoms with Crippen molar-refractivity contribution >= 4 is 23.5 Å². The van der Waals surface area contributed by atoms with Gasteiger partial charge < -0.3 is 10.6 Å². The van der Waals surface area contributed by atoms with Gasteiger partial charge in [0.15, 0.2) is 5.96 Å². The molecular formula is C19H20FN5O2. The molecule has 0 bridgehead atoms. The number of benzene rings is 1. The van der Waals surface area contributed by atoms with E-state index < -0.39 is 17.3 Å². The van der Waals surface area contributed by atoms with Crippen LogP contribution in [0.2, 0.25) is 0 Å². The van der Waals surface area contributed by atoms with Gasteiger partial charge in [0.1, 0.15) is 11.5 Å². The summed E-state index contributed by atoms with van der Waals surface area (Å²) in [5.41, 5.74) is 0.660. The maximum atomic E-state index is 14.5. The van der Waals surface area contributed by atoms with Gasteiger partial charge in [-0.05, 0) is 43.7 Å². The van der Waals surface area contributed by atoms with Gasteiger partial charge in [-0.3, -0.25) is 24.9 Å². The number of nitrogens with zero attached hydrogens (tertiary/aromatic N) is 2. The molecule has 2 amide bonds. The molecule has 1 aliphatic heterocycles. The summed E-state index contributed by atoms with van der Waals surface area (Å²) in [5.74, 6) is -1.34. The normalized spacial score (nSPS) is 19.6. The summed E-state index contributed by atoms with van der Waals surface area (Å²) in [7, 11) is 1.48. The number of aromatic nitrogens is 1. The topological polar surface area (TPSA) is 98.2 Å². The summed E-state index contributed by atoms with van der Waals surface area (Å²) in [4.78, 5) is 29.7. The monoisotopic (exact) mass is 369 g/mol. The van der Waals surface area contributed by atoms with Gasteiger partial charge >= 0.3 is 0 Å². The molecule has 0 radical (unpaired) electrons. The van der Waals surface area contributed by atoms with E-state index in [1.807, 2.05) is 6.92 Å². The van der Waals surface area contributed by atoms with Crippen molar-refractivity contribution in [2.45, 2.75) is 25.8 Å². The Hall–Kier alpha value is -3.29. The third-order valence-electron chi connectivity index (χ3n) is 4.57. The molecule has 0 saturated carbocycles. The van der Waals surface area contributed by atoms with Crippen LogP contribution in [0.25, 0.3) is 0 Å². The van der Waals surface area contributed by atoms with Crippen LogP contribution in [0.15, 0.2) is 36.5 Å². The Morgan fingerprint density at radius 3 is 2.74 bits per heavy atom. The molecule has 1 fully saturated rings. The molecule has 2 heterocycles. The lowest BCUT2D eigenvalue weighted by molar-refractivity contribution is -0.129. The maximum Gasteiger partial charge on any atom is 0.274 e. The number of anilines is 1. The van der Waals surface area contributed by atoms with Crippen LogP contribution in [0, 0.1) is 18.2 Å². The van der Waals surface area contributed by atoms with E-state index in [1.165, 1.54) is 30.1 Å². The zero-order valence-electron chi connectivity index (χ0n) is 15.3. The Morgan fingerprint density at radius 2 is 2.11 bits per heavy atom. The number of guanidine groups is 1. The highest BCUT2D eigenvalue weighted by Crippen LogP contribution is 2.32. The van der Waals surface area contributed by atoms with Crippen LogP contribution < -0.4 is 10.6 Å². The second-order valence-corrected chi connectivity index (χ2v) is 6.80. The van der Waals surface area contributed by atoms with Gasteiger partial charge in [-0.1, -0.05) is 6.07 Å². The highest BCUT2D eigenvalue weighted by molar-refractivity contribution is 6.03. The number of hydrogen-bond donors (Lipinski definition) is 3. The Balaban J connectivity index is 1.88. The molecule has 1 aromatic carbocycles. The summed E-state index contributed by atoms with van der Waals surface area (Å²) in [5, 5.41) is 13.5. The van der Waals surface area contributed by atoms with Crippen molar-refractivity contribution in [1.29, 1.82) is 5.41 Å². The quantitative estimate of drug-likeness (QED) is 0.774. The zero-order chi connectivity index (χ0) is 19.8. The lowest BCUT2D eigenvalue weighted by atomic mass is 9.86. The first kappa shape index (κ1) is 18.5. The molecule has 7 nitrogen and oxygen atoms in total. The molecule has 3 N–H and O–H groups in total. The third-order valence-corrected chi connectivity index (χ3v) is 4.57. The van der Waals surface area contributed by atoms with Crippen molar-refractivity contribution < 1.29 is 14.0 Å². The van der Waals surface area contributed by atoms with E-state index in [2.05, 4.69) is 15.6 Å². The molecule has 1 aliphatic rings. The van der Waals surface area contributed by atoms with E-state index in [9.17, 15) is 14.0 Å². The predicted octanol–water partition coefficient (Wildman–Crippen LogP) is 2.38. The van der Waals surface area contributed by atoms with E-state index in [0.29, 0.717) is 5.69 Å². The lowest BCUT2D eigenvalue weighted by Gasteiger charge is -2.39. The van der Waals surface area contributed by atoms with Gasteiger partial charge in [-0.2, -0.15) is 0 Å². The average Bonchev–Trinajstić information content (AvgIpc) is 2.61. The number of amides is 2. The largest absolute Gasteiger partial charge is 0.346 e. The van der Waals surface area contributed by atoms with Crippen LogP contribution in [-0.4, -0.2) is 34.7 Å². The highest BCUT2D eigenvalue weighted by Gasteiger charge is 2.39. The van der Waals surface area contributed by atoms with E-state index in [4.69, 9.17) is 5.41 Å². The highest BCUT2D eigenvalue weighted by atomic mass is 19.1. The van der Waals surface area contributed by atoms with Gasteiger partial charge in [-0.15, -0.1) is 0 Å². The minimum Gasteiger partial charge on any atom is -0.346 e. The van der Waals surface area contributed by atoms with Crippen LogP contribution in [0.5, 0.6) is 0 Å². The molecule has 140 valence electrons. The van der Waals surface area contributed by atoms with E-state index in [1.54, 1.807) is 25.3 Å². The van der Waals surface area contributed by atoms with E-state index in [-0.39, 0.29) is 29.5 Å². The summed E-state index contributed by atoms with van der Waals surface area (Å²) in [6, 6.07) is 7.52. The number of nitrogens with one attached hydrogen (secondary N) is 3. The van der Waals surface area contributed by atoms with Crippen LogP contribution >= 0.6 is 0 Å². The molecule has 0 aliphatic carbocycles. The molecule has 0 unspecified atom stereocenters. The first-order valence-corrected chi connectivity index (χ1v) is 8.37. The Labute approximate surface area is 156 Å². The summed E-state index contributed by atoms with van der Waals surface area (Å²) < 4.78 is 14.5. The van der Waals surface area contributed by atoms with Crippen molar-refractivity contribution in [2.24, 2.45) is 0 Å². The second kappa shape index (κ2) is 6.79. The average molecular weight is 369 g/mol. The molecule has 0 spiro atoms. The number of hydrogen-bond acceptors (Lipinski definition) is 4. The third kappa shape index (κ3) is 3.64. The van der Waals surface area contributed by atoms with Gasteiger partial charge in [0, 0.05) is 24.5 Å². The van der Waals surface area contributed by atoms with Crippen molar-refractivity contribution in [3.8, 4) is 0 Å². The fourth-order valence-electron chi connectivity index (χ4n) is 2.92. The van der Waals surface area contributed by atoms with Crippen LogP contribution in [-0.2, 0) is 10.3 Å².